The topological polar surface area (TPSA) is 18.5 Å². The first-order valence-corrected chi connectivity index (χ1v) is 8.88. The summed E-state index contributed by atoms with van der Waals surface area (Å²) in [6.07, 6.45) is 0. The summed E-state index contributed by atoms with van der Waals surface area (Å²) in [6.45, 7) is 5.55. The van der Waals surface area contributed by atoms with E-state index in [0.717, 1.165) is 25.7 Å². The molecule has 1 aromatic heterocycles. The highest BCUT2D eigenvalue weighted by molar-refractivity contribution is 9.11. The molecule has 2 atom stereocenters. The molecule has 3 rings (SSSR count). The molecule has 2 nitrogen and oxygen atoms in total. The van der Waals surface area contributed by atoms with Gasteiger partial charge in [0.25, 0.3) is 0 Å². The lowest BCUT2D eigenvalue weighted by Gasteiger charge is -2.12. The molecule has 0 fully saturated rings. The van der Waals surface area contributed by atoms with Gasteiger partial charge in [-0.2, -0.15) is 0 Å². The van der Waals surface area contributed by atoms with Crippen molar-refractivity contribution in [3.05, 3.63) is 44.1 Å². The van der Waals surface area contributed by atoms with Gasteiger partial charge in [0.1, 0.15) is 0 Å². The molecule has 1 aliphatic heterocycles. The van der Waals surface area contributed by atoms with Crippen LogP contribution in [0.1, 0.15) is 28.3 Å². The number of rotatable bonds is 2. The summed E-state index contributed by atoms with van der Waals surface area (Å²) in [6, 6.07) is 8.08. The number of fused-ring (bicyclic) bond motifs is 1. The average Bonchev–Trinajstić information content (AvgIpc) is 2.70. The number of thiophene rings is 1. The Kier molecular flexibility index (Phi) is 4.48. The van der Waals surface area contributed by atoms with Crippen molar-refractivity contribution in [1.29, 1.82) is 0 Å². The van der Waals surface area contributed by atoms with E-state index in [-0.39, 0.29) is 5.38 Å². The zero-order valence-electron chi connectivity index (χ0n) is 11.9. The van der Waals surface area contributed by atoms with E-state index >= 15 is 0 Å². The molecule has 2 aromatic rings. The van der Waals surface area contributed by atoms with E-state index in [1.807, 2.05) is 18.2 Å². The SMILES string of the molecule is Cc1cc(C(Cl)c2ccc3c(c2)OCC(C)CO3)sc1Br. The first kappa shape index (κ1) is 15.2. The number of ether oxygens (including phenoxy) is 2. The average molecular weight is 388 g/mol. The molecule has 0 amide bonds. The quantitative estimate of drug-likeness (QED) is 0.629. The van der Waals surface area contributed by atoms with Crippen molar-refractivity contribution < 1.29 is 9.47 Å². The summed E-state index contributed by atoms with van der Waals surface area (Å²) < 4.78 is 12.7. The minimum absolute atomic E-state index is 0.172. The molecule has 0 spiro atoms. The van der Waals surface area contributed by atoms with Gasteiger partial charge in [0.2, 0.25) is 0 Å². The summed E-state index contributed by atoms with van der Waals surface area (Å²) in [7, 11) is 0. The van der Waals surface area contributed by atoms with Gasteiger partial charge in [-0.25, -0.2) is 0 Å². The van der Waals surface area contributed by atoms with Crippen LogP contribution >= 0.6 is 38.9 Å². The molecule has 2 heterocycles. The third-order valence-corrected chi connectivity index (χ3v) is 6.25. The van der Waals surface area contributed by atoms with E-state index < -0.39 is 0 Å². The second kappa shape index (κ2) is 6.19. The van der Waals surface area contributed by atoms with Crippen LogP contribution in [0.25, 0.3) is 0 Å². The Morgan fingerprint density at radius 1 is 1.24 bits per heavy atom. The van der Waals surface area contributed by atoms with E-state index in [1.165, 1.54) is 5.56 Å². The fraction of sp³-hybridized carbons (Fsp3) is 0.375. The van der Waals surface area contributed by atoms with Crippen LogP contribution in [0.5, 0.6) is 11.5 Å². The standard InChI is InChI=1S/C16H16BrClO2S/c1-9-7-19-12-4-3-11(6-13(12)20-8-9)15(18)14-5-10(2)16(17)21-14/h3-6,9,15H,7-8H2,1-2H3. The van der Waals surface area contributed by atoms with Crippen LogP contribution in [-0.2, 0) is 0 Å². The Hall–Kier alpha value is -0.710. The highest BCUT2D eigenvalue weighted by atomic mass is 79.9. The van der Waals surface area contributed by atoms with Crippen LogP contribution in [0.3, 0.4) is 0 Å². The van der Waals surface area contributed by atoms with Crippen LogP contribution in [-0.4, -0.2) is 13.2 Å². The van der Waals surface area contributed by atoms with Gasteiger partial charge >= 0.3 is 0 Å². The molecule has 0 aliphatic carbocycles. The molecule has 5 heteroatoms. The molecule has 0 saturated carbocycles. The number of hydrogen-bond acceptors (Lipinski definition) is 3. The van der Waals surface area contributed by atoms with Crippen LogP contribution in [0.2, 0.25) is 0 Å². The molecule has 1 aromatic carbocycles. The summed E-state index contributed by atoms with van der Waals surface area (Å²) in [5.41, 5.74) is 2.24. The van der Waals surface area contributed by atoms with Crippen LogP contribution in [0.15, 0.2) is 28.1 Å². The third kappa shape index (κ3) is 3.22. The molecular weight excluding hydrogens is 372 g/mol. The predicted molar refractivity (Wildman–Crippen MR) is 91.0 cm³/mol. The van der Waals surface area contributed by atoms with Gasteiger partial charge in [0, 0.05) is 10.8 Å². The Labute approximate surface area is 142 Å². The van der Waals surface area contributed by atoms with Gasteiger partial charge in [-0.15, -0.1) is 22.9 Å². The molecule has 2 unspecified atom stereocenters. The molecular formula is C16H16BrClO2S. The smallest absolute Gasteiger partial charge is 0.161 e. The Morgan fingerprint density at radius 2 is 1.95 bits per heavy atom. The number of halogens is 2. The molecule has 0 radical (unpaired) electrons. The van der Waals surface area contributed by atoms with E-state index in [9.17, 15) is 0 Å². The predicted octanol–water partition coefficient (Wildman–Crippen LogP) is 5.55. The Bertz CT molecular complexity index is 636. The van der Waals surface area contributed by atoms with Gasteiger partial charge in [-0.3, -0.25) is 0 Å². The molecule has 21 heavy (non-hydrogen) atoms. The number of benzene rings is 1. The van der Waals surface area contributed by atoms with Crippen molar-refractivity contribution in [1.82, 2.24) is 0 Å². The molecule has 112 valence electrons. The van der Waals surface area contributed by atoms with E-state index in [0.29, 0.717) is 19.1 Å². The Morgan fingerprint density at radius 3 is 2.62 bits per heavy atom. The highest BCUT2D eigenvalue weighted by Gasteiger charge is 2.19. The summed E-state index contributed by atoms with van der Waals surface area (Å²) in [4.78, 5) is 1.13. The number of hydrogen-bond donors (Lipinski definition) is 0. The highest BCUT2D eigenvalue weighted by Crippen LogP contribution is 2.41. The van der Waals surface area contributed by atoms with Crippen LogP contribution in [0, 0.1) is 12.8 Å². The van der Waals surface area contributed by atoms with Gasteiger partial charge in [-0.05, 0) is 52.2 Å². The summed E-state index contributed by atoms with van der Waals surface area (Å²) in [5.74, 6) is 1.98. The summed E-state index contributed by atoms with van der Waals surface area (Å²) in [5, 5.41) is -0.172. The third-order valence-electron chi connectivity index (χ3n) is 3.43. The van der Waals surface area contributed by atoms with Crippen LogP contribution < -0.4 is 9.47 Å². The maximum absolute atomic E-state index is 6.62. The van der Waals surface area contributed by atoms with Crippen LogP contribution in [0.4, 0.5) is 0 Å². The molecule has 1 aliphatic rings. The lowest BCUT2D eigenvalue weighted by molar-refractivity contribution is 0.228. The molecule has 0 N–H and O–H groups in total. The fourth-order valence-corrected chi connectivity index (χ4v) is 4.11. The second-order valence-electron chi connectivity index (χ2n) is 5.40. The number of alkyl halides is 1. The maximum atomic E-state index is 6.62. The largest absolute Gasteiger partial charge is 0.489 e. The number of aryl methyl sites for hydroxylation is 1. The van der Waals surface area contributed by atoms with Gasteiger partial charge in [0.15, 0.2) is 11.5 Å². The van der Waals surface area contributed by atoms with Crippen molar-refractivity contribution in [2.45, 2.75) is 19.2 Å². The lowest BCUT2D eigenvalue weighted by Crippen LogP contribution is -2.12. The van der Waals surface area contributed by atoms with Gasteiger partial charge in [0.05, 0.1) is 22.4 Å². The first-order valence-electron chi connectivity index (χ1n) is 6.84. The second-order valence-corrected chi connectivity index (χ2v) is 8.24. The van der Waals surface area contributed by atoms with Crippen molar-refractivity contribution in [3.63, 3.8) is 0 Å². The van der Waals surface area contributed by atoms with Crippen molar-refractivity contribution >= 4 is 38.9 Å². The fourth-order valence-electron chi connectivity index (χ4n) is 2.20. The molecule has 0 bridgehead atoms. The van der Waals surface area contributed by atoms with E-state index in [2.05, 4.69) is 35.8 Å². The van der Waals surface area contributed by atoms with Crippen molar-refractivity contribution in [2.24, 2.45) is 5.92 Å². The Balaban J connectivity index is 1.89. The minimum atomic E-state index is -0.172. The maximum Gasteiger partial charge on any atom is 0.161 e. The lowest BCUT2D eigenvalue weighted by atomic mass is 10.1. The summed E-state index contributed by atoms with van der Waals surface area (Å²) >= 11 is 11.8. The van der Waals surface area contributed by atoms with E-state index in [1.54, 1.807) is 11.3 Å². The minimum Gasteiger partial charge on any atom is -0.489 e. The molecule has 0 saturated heterocycles. The monoisotopic (exact) mass is 386 g/mol. The van der Waals surface area contributed by atoms with E-state index in [4.69, 9.17) is 21.1 Å². The van der Waals surface area contributed by atoms with Crippen molar-refractivity contribution in [2.75, 3.05) is 13.2 Å². The first-order chi connectivity index (χ1) is 10.0. The van der Waals surface area contributed by atoms with Gasteiger partial charge < -0.3 is 9.47 Å². The zero-order valence-corrected chi connectivity index (χ0v) is 15.0. The van der Waals surface area contributed by atoms with Gasteiger partial charge in [-0.1, -0.05) is 13.0 Å². The van der Waals surface area contributed by atoms with Crippen molar-refractivity contribution in [3.8, 4) is 11.5 Å². The normalized spacial score (nSPS) is 19.1. The zero-order chi connectivity index (χ0) is 15.0.